The van der Waals surface area contributed by atoms with Gasteiger partial charge in [0.2, 0.25) is 0 Å². The third kappa shape index (κ3) is 3.79. The number of methoxy groups -OCH3 is 1. The topological polar surface area (TPSA) is 85.3 Å². The molecule has 3 aromatic rings. The Morgan fingerprint density at radius 2 is 1.88 bits per heavy atom. The summed E-state index contributed by atoms with van der Waals surface area (Å²) in [5.74, 6) is 2.35. The molecule has 1 fully saturated rings. The van der Waals surface area contributed by atoms with Crippen LogP contribution < -0.4 is 5.73 Å². The van der Waals surface area contributed by atoms with Crippen molar-refractivity contribution in [2.75, 3.05) is 46.1 Å². The van der Waals surface area contributed by atoms with Crippen LogP contribution in [0.25, 0.3) is 28.1 Å². The van der Waals surface area contributed by atoms with E-state index in [0.717, 1.165) is 72.3 Å². The van der Waals surface area contributed by atoms with Crippen LogP contribution >= 0.6 is 0 Å². The fraction of sp³-hybridized carbons (Fsp3) is 0.400. The number of likely N-dealkylation sites (N-methyl/N-ethyl adjacent to an activating group) is 1. The van der Waals surface area contributed by atoms with Crippen LogP contribution in [-0.4, -0.2) is 75.2 Å². The SMILES string of the molecule is COC1=CC(n2c(C)nc3ccc(-c4ccnc(N)c4)nc32)=CCC1(C)N1CCN(C)CC1. The third-order valence-electron chi connectivity index (χ3n) is 6.95. The Morgan fingerprint density at radius 1 is 1.09 bits per heavy atom. The van der Waals surface area contributed by atoms with Crippen molar-refractivity contribution in [3.63, 3.8) is 0 Å². The summed E-state index contributed by atoms with van der Waals surface area (Å²) in [6.45, 7) is 8.50. The molecule has 33 heavy (non-hydrogen) atoms. The van der Waals surface area contributed by atoms with E-state index in [1.165, 1.54) is 0 Å². The highest BCUT2D eigenvalue weighted by Crippen LogP contribution is 2.37. The molecule has 5 rings (SSSR count). The molecule has 0 bridgehead atoms. The highest BCUT2D eigenvalue weighted by Gasteiger charge is 2.39. The Balaban J connectivity index is 1.54. The van der Waals surface area contributed by atoms with Gasteiger partial charge in [-0.25, -0.2) is 15.0 Å². The molecule has 8 nitrogen and oxygen atoms in total. The van der Waals surface area contributed by atoms with Gasteiger partial charge in [-0.2, -0.15) is 0 Å². The highest BCUT2D eigenvalue weighted by atomic mass is 16.5. The van der Waals surface area contributed by atoms with Gasteiger partial charge in [0.1, 0.15) is 22.9 Å². The first-order valence-corrected chi connectivity index (χ1v) is 11.4. The molecule has 0 aromatic carbocycles. The van der Waals surface area contributed by atoms with Crippen LogP contribution in [0, 0.1) is 6.92 Å². The van der Waals surface area contributed by atoms with Crippen LogP contribution in [0.5, 0.6) is 0 Å². The number of aryl methyl sites for hydroxylation is 1. The van der Waals surface area contributed by atoms with Gasteiger partial charge < -0.3 is 15.4 Å². The second kappa shape index (κ2) is 8.28. The van der Waals surface area contributed by atoms with Crippen LogP contribution in [0.4, 0.5) is 5.82 Å². The average Bonchev–Trinajstić information content (AvgIpc) is 3.14. The standard InChI is InChI=1S/C25H31N7O/c1-17-28-21-6-5-20(18-8-10-27-23(26)15-18)29-24(21)32(17)19-7-9-25(2,22(16-19)33-4)31-13-11-30(3)12-14-31/h5-8,10,15-16H,9,11-14H2,1-4H3,(H2,26,27). The van der Waals surface area contributed by atoms with Gasteiger partial charge >= 0.3 is 0 Å². The Labute approximate surface area is 194 Å². The van der Waals surface area contributed by atoms with Crippen molar-refractivity contribution < 1.29 is 4.74 Å². The molecule has 1 atom stereocenters. The maximum atomic E-state index is 5.96. The molecule has 172 valence electrons. The van der Waals surface area contributed by atoms with Gasteiger partial charge in [0.05, 0.1) is 18.3 Å². The minimum Gasteiger partial charge on any atom is -0.499 e. The first kappa shape index (κ1) is 21.6. The number of allylic oxidation sites excluding steroid dienone is 2. The monoisotopic (exact) mass is 445 g/mol. The summed E-state index contributed by atoms with van der Waals surface area (Å²) in [6.07, 6.45) is 7.00. The van der Waals surface area contributed by atoms with Crippen molar-refractivity contribution in [2.24, 2.45) is 0 Å². The van der Waals surface area contributed by atoms with Crippen molar-refractivity contribution in [1.82, 2.24) is 29.3 Å². The molecule has 4 heterocycles. The minimum atomic E-state index is -0.156. The molecular formula is C25H31N7O. The predicted octanol–water partition coefficient (Wildman–Crippen LogP) is 3.16. The van der Waals surface area contributed by atoms with Crippen LogP contribution in [0.15, 0.2) is 48.4 Å². The molecule has 0 saturated carbocycles. The Hall–Kier alpha value is -3.23. The number of pyridine rings is 2. The van der Waals surface area contributed by atoms with Crippen molar-refractivity contribution in [3.05, 3.63) is 54.2 Å². The van der Waals surface area contributed by atoms with Gasteiger partial charge in [-0.1, -0.05) is 6.08 Å². The lowest BCUT2D eigenvalue weighted by Crippen LogP contribution is -2.56. The molecular weight excluding hydrogens is 414 g/mol. The zero-order valence-electron chi connectivity index (χ0n) is 19.7. The molecule has 2 aliphatic rings. The summed E-state index contributed by atoms with van der Waals surface area (Å²) < 4.78 is 8.08. The van der Waals surface area contributed by atoms with E-state index in [4.69, 9.17) is 20.4 Å². The quantitative estimate of drug-likeness (QED) is 0.660. The van der Waals surface area contributed by atoms with E-state index in [2.05, 4.69) is 45.5 Å². The van der Waals surface area contributed by atoms with Crippen molar-refractivity contribution in [3.8, 4) is 11.3 Å². The van der Waals surface area contributed by atoms with E-state index in [1.807, 2.05) is 31.2 Å². The maximum Gasteiger partial charge on any atom is 0.165 e. The smallest absolute Gasteiger partial charge is 0.165 e. The van der Waals surface area contributed by atoms with E-state index in [-0.39, 0.29) is 5.54 Å². The lowest BCUT2D eigenvalue weighted by molar-refractivity contribution is 0.0381. The highest BCUT2D eigenvalue weighted by molar-refractivity contribution is 5.81. The number of imidazole rings is 1. The molecule has 3 aromatic heterocycles. The maximum absolute atomic E-state index is 5.96. The van der Waals surface area contributed by atoms with Crippen molar-refractivity contribution >= 4 is 22.7 Å². The van der Waals surface area contributed by atoms with E-state index in [9.17, 15) is 0 Å². The van der Waals surface area contributed by atoms with Crippen molar-refractivity contribution in [1.29, 1.82) is 0 Å². The first-order valence-electron chi connectivity index (χ1n) is 11.4. The molecule has 0 radical (unpaired) electrons. The number of piperazine rings is 1. The Morgan fingerprint density at radius 3 is 2.61 bits per heavy atom. The molecule has 1 unspecified atom stereocenters. The second-order valence-corrected chi connectivity index (χ2v) is 9.11. The van der Waals surface area contributed by atoms with Crippen LogP contribution in [0.2, 0.25) is 0 Å². The van der Waals surface area contributed by atoms with Gasteiger partial charge in [-0.05, 0) is 51.6 Å². The van der Waals surface area contributed by atoms with Crippen molar-refractivity contribution in [2.45, 2.75) is 25.8 Å². The largest absolute Gasteiger partial charge is 0.499 e. The number of anilines is 1. The van der Waals surface area contributed by atoms with Gasteiger partial charge in [-0.15, -0.1) is 0 Å². The summed E-state index contributed by atoms with van der Waals surface area (Å²) in [5, 5.41) is 0. The number of ether oxygens (including phenoxy) is 1. The van der Waals surface area contributed by atoms with Crippen LogP contribution in [0.1, 0.15) is 19.2 Å². The molecule has 1 aliphatic carbocycles. The normalized spacial score (nSPS) is 22.3. The molecule has 2 N–H and O–H groups in total. The number of fused-ring (bicyclic) bond motifs is 1. The summed E-state index contributed by atoms with van der Waals surface area (Å²) in [4.78, 5) is 18.7. The summed E-state index contributed by atoms with van der Waals surface area (Å²) in [6, 6.07) is 7.74. The average molecular weight is 446 g/mol. The Kier molecular flexibility index (Phi) is 5.42. The number of nitrogens with two attached hydrogens (primary N) is 1. The number of hydrogen-bond donors (Lipinski definition) is 1. The predicted molar refractivity (Wildman–Crippen MR) is 131 cm³/mol. The van der Waals surface area contributed by atoms with Gasteiger partial charge in [0.15, 0.2) is 5.65 Å². The molecule has 0 amide bonds. The van der Waals surface area contributed by atoms with E-state index >= 15 is 0 Å². The van der Waals surface area contributed by atoms with E-state index < -0.39 is 0 Å². The summed E-state index contributed by atoms with van der Waals surface area (Å²) >= 11 is 0. The van der Waals surface area contributed by atoms with Gasteiger partial charge in [-0.3, -0.25) is 9.47 Å². The lowest BCUT2D eigenvalue weighted by atomic mass is 9.87. The summed E-state index contributed by atoms with van der Waals surface area (Å²) in [7, 11) is 3.95. The van der Waals surface area contributed by atoms with Gasteiger partial charge in [0.25, 0.3) is 0 Å². The number of hydrogen-bond acceptors (Lipinski definition) is 7. The third-order valence-corrected chi connectivity index (χ3v) is 6.95. The molecule has 8 heteroatoms. The number of aromatic nitrogens is 4. The number of nitrogen functional groups attached to an aromatic ring is 1. The lowest BCUT2D eigenvalue weighted by Gasteiger charge is -2.46. The van der Waals surface area contributed by atoms with E-state index in [0.29, 0.717) is 5.82 Å². The molecule has 0 spiro atoms. The summed E-state index contributed by atoms with van der Waals surface area (Å²) in [5.41, 5.74) is 10.2. The fourth-order valence-electron chi connectivity index (χ4n) is 4.92. The number of nitrogens with zero attached hydrogens (tertiary/aromatic N) is 6. The zero-order chi connectivity index (χ0) is 23.2. The van der Waals surface area contributed by atoms with E-state index in [1.54, 1.807) is 13.3 Å². The zero-order valence-corrected chi connectivity index (χ0v) is 19.7. The number of rotatable bonds is 4. The fourth-order valence-corrected chi connectivity index (χ4v) is 4.92. The van der Waals surface area contributed by atoms with Gasteiger partial charge in [0, 0.05) is 49.7 Å². The minimum absolute atomic E-state index is 0.156. The first-order chi connectivity index (χ1) is 15.9. The molecule has 1 saturated heterocycles. The second-order valence-electron chi connectivity index (χ2n) is 9.11. The molecule has 1 aliphatic heterocycles. The Bertz CT molecular complexity index is 1250. The van der Waals surface area contributed by atoms with Crippen LogP contribution in [-0.2, 0) is 4.74 Å². The van der Waals surface area contributed by atoms with Crippen LogP contribution in [0.3, 0.4) is 0 Å².